The number of hydrogen-bond donors (Lipinski definition) is 2. The van der Waals surface area contributed by atoms with Gasteiger partial charge in [0.25, 0.3) is 5.13 Å². The molecule has 2 N–H and O–H groups in total. The van der Waals surface area contributed by atoms with E-state index in [1.165, 1.54) is 17.0 Å². The number of rotatable bonds is 3. The van der Waals surface area contributed by atoms with E-state index in [1.807, 2.05) is 0 Å². The van der Waals surface area contributed by atoms with Crippen LogP contribution < -0.4 is 0 Å². The lowest BCUT2D eigenvalue weighted by Crippen LogP contribution is -2.43. The zero-order valence-electron chi connectivity index (χ0n) is 22.2. The van der Waals surface area contributed by atoms with Gasteiger partial charge in [-0.05, 0) is 54.0 Å². The van der Waals surface area contributed by atoms with E-state index in [1.54, 1.807) is 48.5 Å². The Bertz CT molecular complexity index is 1110. The minimum absolute atomic E-state index is 0.121. The van der Waals surface area contributed by atoms with Gasteiger partial charge < -0.3 is 29.0 Å². The summed E-state index contributed by atoms with van der Waals surface area (Å²) >= 11 is 12.5. The van der Waals surface area contributed by atoms with Gasteiger partial charge in [-0.25, -0.2) is 24.0 Å². The van der Waals surface area contributed by atoms with Gasteiger partial charge in [-0.1, -0.05) is 30.1 Å². The van der Waals surface area contributed by atoms with Crippen LogP contribution in [-0.2, 0) is 14.2 Å². The molecule has 38 heavy (non-hydrogen) atoms. The number of aliphatic imine (C=N–C) groups is 1. The zero-order valence-corrected chi connectivity index (χ0v) is 23.7. The predicted octanol–water partition coefficient (Wildman–Crippen LogP) is 4.54. The van der Waals surface area contributed by atoms with Crippen LogP contribution in [0.1, 0.15) is 78.4 Å². The van der Waals surface area contributed by atoms with E-state index in [2.05, 4.69) is 9.98 Å². The molecule has 0 aromatic carbocycles. The molecule has 1 aromatic heterocycles. The molecule has 0 saturated carbocycles. The molecule has 11 nitrogen and oxygen atoms in total. The van der Waals surface area contributed by atoms with Crippen LogP contribution >= 0.6 is 23.2 Å². The van der Waals surface area contributed by atoms with Crippen LogP contribution in [0.15, 0.2) is 23.2 Å². The molecule has 3 rings (SSSR count). The molecule has 2 unspecified atom stereocenters. The fourth-order valence-electron chi connectivity index (χ4n) is 3.93. The maximum Gasteiger partial charge on any atom is 0.425 e. The first-order chi connectivity index (χ1) is 17.4. The number of imidazole rings is 1. The van der Waals surface area contributed by atoms with Gasteiger partial charge in [-0.2, -0.15) is 4.90 Å². The van der Waals surface area contributed by atoms with Crippen molar-refractivity contribution < 1.29 is 38.4 Å². The van der Waals surface area contributed by atoms with Gasteiger partial charge >= 0.3 is 12.2 Å². The van der Waals surface area contributed by atoms with E-state index in [4.69, 9.17) is 37.4 Å². The minimum atomic E-state index is -2.77. The van der Waals surface area contributed by atoms with Gasteiger partial charge in [0.15, 0.2) is 11.4 Å². The van der Waals surface area contributed by atoms with Crippen LogP contribution in [0.5, 0.6) is 0 Å². The molecule has 2 aliphatic heterocycles. The van der Waals surface area contributed by atoms with E-state index in [-0.39, 0.29) is 23.1 Å². The number of ether oxygens (including phenoxy) is 3. The third-order valence-corrected chi connectivity index (χ3v) is 6.23. The molecule has 0 spiro atoms. The van der Waals surface area contributed by atoms with E-state index >= 15 is 4.39 Å². The smallest absolute Gasteiger partial charge is 0.425 e. The monoisotopic (exact) mass is 578 g/mol. The SMILES string of the molecule is CC1C/C=C(\N(C(=O)OC(C)(C)C)C(=O)OC(C)(C)C)N=C(Cl)c2ncn([C@@H]3O[C@H](CO)C(O)[C@]3(F)Cl)c21. The lowest BCUT2D eigenvalue weighted by atomic mass is 10.00. The summed E-state index contributed by atoms with van der Waals surface area (Å²) in [5.41, 5.74) is -1.35. The Kier molecular flexibility index (Phi) is 8.55. The molecule has 3 heterocycles. The van der Waals surface area contributed by atoms with Crippen molar-refractivity contribution in [2.75, 3.05) is 6.61 Å². The molecular weight excluding hydrogens is 546 g/mol. The molecule has 5 atom stereocenters. The van der Waals surface area contributed by atoms with Crippen LogP contribution in [0, 0.1) is 0 Å². The first kappa shape index (κ1) is 30.3. The average molecular weight is 579 g/mol. The Morgan fingerprint density at radius 3 is 2.26 bits per heavy atom. The van der Waals surface area contributed by atoms with Crippen LogP contribution in [-0.4, -0.2) is 77.2 Å². The lowest BCUT2D eigenvalue weighted by Gasteiger charge is -2.29. The number of aliphatic hydroxyl groups is 2. The summed E-state index contributed by atoms with van der Waals surface area (Å²) in [5.74, 6) is -0.581. The summed E-state index contributed by atoms with van der Waals surface area (Å²) in [6.45, 7) is 11.0. The fourth-order valence-corrected chi connectivity index (χ4v) is 4.46. The van der Waals surface area contributed by atoms with Crippen molar-refractivity contribution in [2.24, 2.45) is 4.99 Å². The number of allylic oxidation sites excluding steroid dienone is 1. The molecule has 0 bridgehead atoms. The number of carbonyl (C=O) groups is 2. The number of halogens is 3. The Hall–Kier alpha value is -2.25. The number of aliphatic hydroxyl groups excluding tert-OH is 2. The van der Waals surface area contributed by atoms with Crippen LogP contribution in [0.3, 0.4) is 0 Å². The molecule has 212 valence electrons. The molecule has 0 radical (unpaired) electrons. The van der Waals surface area contributed by atoms with E-state index < -0.39 is 59.5 Å². The van der Waals surface area contributed by atoms with Crippen molar-refractivity contribution in [1.82, 2.24) is 14.5 Å². The average Bonchev–Trinajstić information content (AvgIpc) is 3.27. The number of amides is 2. The number of fused-ring (bicyclic) bond motifs is 1. The maximum atomic E-state index is 15.3. The van der Waals surface area contributed by atoms with Crippen molar-refractivity contribution in [2.45, 2.75) is 95.6 Å². The lowest BCUT2D eigenvalue weighted by molar-refractivity contribution is -0.0510. The van der Waals surface area contributed by atoms with Gasteiger partial charge in [-0.15, -0.1) is 0 Å². The number of carbonyl (C=O) groups excluding carboxylic acids is 2. The Morgan fingerprint density at radius 1 is 1.24 bits per heavy atom. The normalized spacial score (nSPS) is 29.4. The molecule has 1 aromatic rings. The first-order valence-electron chi connectivity index (χ1n) is 12.0. The molecule has 2 aliphatic rings. The van der Waals surface area contributed by atoms with E-state index in [0.29, 0.717) is 10.6 Å². The van der Waals surface area contributed by atoms with Crippen LogP contribution in [0.25, 0.3) is 0 Å². The Balaban J connectivity index is 2.05. The zero-order chi connectivity index (χ0) is 28.8. The second kappa shape index (κ2) is 10.7. The summed E-state index contributed by atoms with van der Waals surface area (Å²) in [5, 5.41) is 16.7. The summed E-state index contributed by atoms with van der Waals surface area (Å²) in [6.07, 6.45) is -3.70. The highest BCUT2D eigenvalue weighted by molar-refractivity contribution is 6.69. The minimum Gasteiger partial charge on any atom is -0.443 e. The third-order valence-electron chi connectivity index (χ3n) is 5.55. The summed E-state index contributed by atoms with van der Waals surface area (Å²) in [6, 6.07) is 0. The van der Waals surface area contributed by atoms with Gasteiger partial charge in [0, 0.05) is 5.92 Å². The number of nitrogens with zero attached hydrogens (tertiary/aromatic N) is 4. The van der Waals surface area contributed by atoms with Crippen molar-refractivity contribution in [1.29, 1.82) is 0 Å². The van der Waals surface area contributed by atoms with Crippen LogP contribution in [0.4, 0.5) is 14.0 Å². The van der Waals surface area contributed by atoms with Gasteiger partial charge in [0.05, 0.1) is 18.6 Å². The summed E-state index contributed by atoms with van der Waals surface area (Å²) in [7, 11) is 0. The number of aromatic nitrogens is 2. The van der Waals surface area contributed by atoms with Crippen molar-refractivity contribution >= 4 is 40.6 Å². The summed E-state index contributed by atoms with van der Waals surface area (Å²) in [4.78, 5) is 35.3. The second-order valence-electron chi connectivity index (χ2n) is 11.1. The second-order valence-corrected chi connectivity index (χ2v) is 12.0. The standard InChI is InChI=1S/C24H33Cl2FN4O7/c1-12-8-9-14(31(20(34)37-22(2,3)4)21(35)38-23(5,6)7)29-18(25)15-16(12)30(11-28-15)19-24(26,27)17(33)13(10-32)36-19/h9,11-13,17,19,32-33H,8,10H2,1-7H3/b14-9-,29-18?/t12?,13-,17?,19-,24-/m1/s1. The van der Waals surface area contributed by atoms with Gasteiger partial charge in [0.2, 0.25) is 0 Å². The maximum absolute atomic E-state index is 15.3. The molecule has 14 heteroatoms. The summed E-state index contributed by atoms with van der Waals surface area (Å²) < 4.78 is 32.9. The highest BCUT2D eigenvalue weighted by Crippen LogP contribution is 2.46. The van der Waals surface area contributed by atoms with Gasteiger partial charge in [-0.3, -0.25) is 0 Å². The predicted molar refractivity (Wildman–Crippen MR) is 137 cm³/mol. The molecule has 1 fully saturated rings. The van der Waals surface area contributed by atoms with E-state index in [0.717, 1.165) is 0 Å². The van der Waals surface area contributed by atoms with E-state index in [9.17, 15) is 19.8 Å². The fraction of sp³-hybridized carbons (Fsp3) is 0.667. The Labute approximate surface area is 230 Å². The topological polar surface area (TPSA) is 136 Å². The van der Waals surface area contributed by atoms with Gasteiger partial charge in [0.1, 0.15) is 34.9 Å². The third kappa shape index (κ3) is 6.31. The highest BCUT2D eigenvalue weighted by Gasteiger charge is 2.57. The number of alkyl halides is 2. The highest BCUT2D eigenvalue weighted by atomic mass is 35.5. The molecule has 0 aliphatic carbocycles. The molecule has 1 saturated heterocycles. The quantitative estimate of drug-likeness (QED) is 0.499. The first-order valence-corrected chi connectivity index (χ1v) is 12.7. The molecule has 2 amide bonds. The number of imide groups is 1. The van der Waals surface area contributed by atoms with Crippen molar-refractivity contribution in [3.63, 3.8) is 0 Å². The molecular formula is C24H33Cl2FN4O7. The van der Waals surface area contributed by atoms with Crippen molar-refractivity contribution in [3.05, 3.63) is 29.6 Å². The van der Waals surface area contributed by atoms with Crippen molar-refractivity contribution in [3.8, 4) is 0 Å². The largest absolute Gasteiger partial charge is 0.443 e. The Morgan fingerprint density at radius 2 is 1.79 bits per heavy atom. The van der Waals surface area contributed by atoms with Crippen LogP contribution in [0.2, 0.25) is 0 Å². The number of hydrogen-bond acceptors (Lipinski definition) is 9.